The molecule has 2 atom stereocenters. The lowest BCUT2D eigenvalue weighted by Crippen LogP contribution is -2.51. The first kappa shape index (κ1) is 28.2. The van der Waals surface area contributed by atoms with Gasteiger partial charge in [-0.05, 0) is 70.4 Å². The van der Waals surface area contributed by atoms with Gasteiger partial charge in [0.1, 0.15) is 11.8 Å². The number of carbonyl (C=O) groups excluding carboxylic acids is 2. The molecule has 1 N–H and O–H groups in total. The van der Waals surface area contributed by atoms with E-state index in [0.29, 0.717) is 17.2 Å². The van der Waals surface area contributed by atoms with Crippen LogP contribution in [0.4, 0.5) is 0 Å². The van der Waals surface area contributed by atoms with Gasteiger partial charge >= 0.3 is 0 Å². The molecule has 0 saturated heterocycles. The fourth-order valence-electron chi connectivity index (χ4n) is 3.48. The van der Waals surface area contributed by atoms with Crippen LogP contribution in [0.2, 0.25) is 5.02 Å². The number of nitrogens with one attached hydrogen (secondary N) is 1. The number of rotatable bonds is 10. The Kier molecular flexibility index (Phi) is 10.4. The lowest BCUT2D eigenvalue weighted by Gasteiger charge is -2.31. The Morgan fingerprint density at radius 3 is 2.35 bits per heavy atom. The molecule has 0 radical (unpaired) electrons. The summed E-state index contributed by atoms with van der Waals surface area (Å²) in [7, 11) is 0. The molecule has 2 amide bonds. The number of amides is 2. The van der Waals surface area contributed by atoms with Crippen LogP contribution in [0, 0.1) is 0 Å². The molecule has 0 aliphatic carbocycles. The van der Waals surface area contributed by atoms with Crippen LogP contribution in [-0.4, -0.2) is 35.4 Å². The summed E-state index contributed by atoms with van der Waals surface area (Å²) >= 11 is 9.94. The number of halogens is 2. The molecule has 2 aromatic carbocycles. The molecule has 0 spiro atoms. The first-order chi connectivity index (χ1) is 16.0. The summed E-state index contributed by atoms with van der Waals surface area (Å²) in [5.41, 5.74) is 1.94. The zero-order chi connectivity index (χ0) is 25.5. The average Bonchev–Trinajstić information content (AvgIpc) is 2.78. The fourth-order valence-corrected chi connectivity index (χ4v) is 4.17. The van der Waals surface area contributed by atoms with Gasteiger partial charge in [-0.25, -0.2) is 0 Å². The van der Waals surface area contributed by atoms with Crippen molar-refractivity contribution in [1.82, 2.24) is 10.2 Å². The van der Waals surface area contributed by atoms with E-state index in [4.69, 9.17) is 16.3 Å². The number of carbonyl (C=O) groups is 2. The largest absolute Gasteiger partial charge is 0.483 e. The van der Waals surface area contributed by atoms with Gasteiger partial charge in [-0.1, -0.05) is 70.5 Å². The Hall–Kier alpha value is -2.05. The quantitative estimate of drug-likeness (QED) is 0.367. The standard InChI is InChI=1S/C27H36BrClN2O3/c1-7-18(3)30-26(33)23(8-2)31(16-19-11-9-10-12-22(19)29)25(32)17-34-24-14-13-20(15-21(24)28)27(4,5)6/h9-15,18,23H,7-8,16-17H2,1-6H3,(H,30,33)/t18-,23+/m0/s1. The van der Waals surface area contributed by atoms with Gasteiger partial charge in [0.15, 0.2) is 6.61 Å². The van der Waals surface area contributed by atoms with Crippen LogP contribution in [-0.2, 0) is 21.5 Å². The van der Waals surface area contributed by atoms with Gasteiger partial charge in [-0.2, -0.15) is 0 Å². The van der Waals surface area contributed by atoms with E-state index in [1.54, 1.807) is 11.0 Å². The maximum atomic E-state index is 13.4. The van der Waals surface area contributed by atoms with E-state index in [2.05, 4.69) is 42.0 Å². The Morgan fingerprint density at radius 2 is 1.79 bits per heavy atom. The van der Waals surface area contributed by atoms with Crippen molar-refractivity contribution in [3.05, 3.63) is 63.1 Å². The number of benzene rings is 2. The summed E-state index contributed by atoms with van der Waals surface area (Å²) in [6.45, 7) is 12.3. The second kappa shape index (κ2) is 12.6. The van der Waals surface area contributed by atoms with Crippen LogP contribution in [0.25, 0.3) is 0 Å². The molecule has 2 rings (SSSR count). The second-order valence-electron chi connectivity index (χ2n) is 9.54. The van der Waals surface area contributed by atoms with E-state index in [9.17, 15) is 9.59 Å². The molecule has 0 aliphatic rings. The molecule has 0 bridgehead atoms. The van der Waals surface area contributed by atoms with Gasteiger partial charge < -0.3 is 15.0 Å². The molecule has 0 heterocycles. The summed E-state index contributed by atoms with van der Waals surface area (Å²) in [6.07, 6.45) is 1.28. The summed E-state index contributed by atoms with van der Waals surface area (Å²) in [5, 5.41) is 3.56. The maximum absolute atomic E-state index is 13.4. The predicted molar refractivity (Wildman–Crippen MR) is 142 cm³/mol. The monoisotopic (exact) mass is 550 g/mol. The molecule has 34 heavy (non-hydrogen) atoms. The van der Waals surface area contributed by atoms with Gasteiger partial charge in [0.2, 0.25) is 5.91 Å². The average molecular weight is 552 g/mol. The minimum Gasteiger partial charge on any atom is -0.483 e. The molecular weight excluding hydrogens is 516 g/mol. The van der Waals surface area contributed by atoms with Crippen molar-refractivity contribution in [3.8, 4) is 5.75 Å². The molecule has 0 aliphatic heterocycles. The number of hydrogen-bond donors (Lipinski definition) is 1. The Morgan fingerprint density at radius 1 is 1.12 bits per heavy atom. The lowest BCUT2D eigenvalue weighted by atomic mass is 9.87. The smallest absolute Gasteiger partial charge is 0.261 e. The minimum absolute atomic E-state index is 0.0000442. The van der Waals surface area contributed by atoms with Crippen LogP contribution in [0.3, 0.4) is 0 Å². The predicted octanol–water partition coefficient (Wildman–Crippen LogP) is 6.50. The zero-order valence-corrected chi connectivity index (χ0v) is 23.3. The normalized spacial score (nSPS) is 13.2. The summed E-state index contributed by atoms with van der Waals surface area (Å²) in [5.74, 6) is 0.127. The summed E-state index contributed by atoms with van der Waals surface area (Å²) < 4.78 is 6.67. The van der Waals surface area contributed by atoms with Gasteiger partial charge in [0.25, 0.3) is 5.91 Å². The highest BCUT2D eigenvalue weighted by Gasteiger charge is 2.30. The third kappa shape index (κ3) is 7.74. The second-order valence-corrected chi connectivity index (χ2v) is 10.8. The SMILES string of the molecule is CC[C@H](C(=O)N[C@@H](C)CC)N(Cc1ccccc1Cl)C(=O)COc1ccc(C(C)(C)C)cc1Br. The number of hydrogen-bond acceptors (Lipinski definition) is 3. The number of ether oxygens (including phenoxy) is 1. The zero-order valence-electron chi connectivity index (χ0n) is 21.0. The first-order valence-electron chi connectivity index (χ1n) is 11.7. The third-order valence-corrected chi connectivity index (χ3v) is 6.82. The van der Waals surface area contributed by atoms with E-state index in [1.165, 1.54) is 0 Å². The lowest BCUT2D eigenvalue weighted by molar-refractivity contribution is -0.143. The molecule has 0 saturated carbocycles. The van der Waals surface area contributed by atoms with Crippen LogP contribution in [0.5, 0.6) is 5.75 Å². The molecule has 5 nitrogen and oxygen atoms in total. The van der Waals surface area contributed by atoms with Gasteiger partial charge in [0, 0.05) is 17.6 Å². The topological polar surface area (TPSA) is 58.6 Å². The number of nitrogens with zero attached hydrogens (tertiary/aromatic N) is 1. The molecular formula is C27H36BrClN2O3. The van der Waals surface area contributed by atoms with Crippen molar-refractivity contribution < 1.29 is 14.3 Å². The highest BCUT2D eigenvalue weighted by Crippen LogP contribution is 2.31. The highest BCUT2D eigenvalue weighted by molar-refractivity contribution is 9.10. The fraction of sp³-hybridized carbons (Fsp3) is 0.481. The van der Waals surface area contributed by atoms with Crippen LogP contribution >= 0.6 is 27.5 Å². The van der Waals surface area contributed by atoms with Crippen LogP contribution < -0.4 is 10.1 Å². The first-order valence-corrected chi connectivity index (χ1v) is 12.9. The Bertz CT molecular complexity index is 990. The van der Waals surface area contributed by atoms with Gasteiger partial charge in [0.05, 0.1) is 4.47 Å². The summed E-state index contributed by atoms with van der Waals surface area (Å²) in [6, 6.07) is 12.6. The van der Waals surface area contributed by atoms with Gasteiger partial charge in [-0.15, -0.1) is 0 Å². The van der Waals surface area contributed by atoms with Crippen molar-refractivity contribution >= 4 is 39.3 Å². The van der Waals surface area contributed by atoms with Crippen molar-refractivity contribution in [2.75, 3.05) is 6.61 Å². The van der Waals surface area contributed by atoms with E-state index < -0.39 is 6.04 Å². The van der Waals surface area contributed by atoms with Crippen molar-refractivity contribution in [2.45, 2.75) is 78.4 Å². The van der Waals surface area contributed by atoms with Crippen molar-refractivity contribution in [1.29, 1.82) is 0 Å². The molecule has 0 fully saturated rings. The van der Waals surface area contributed by atoms with E-state index in [1.807, 2.05) is 57.2 Å². The third-order valence-electron chi connectivity index (χ3n) is 5.83. The van der Waals surface area contributed by atoms with Crippen LogP contribution in [0.15, 0.2) is 46.9 Å². The van der Waals surface area contributed by atoms with Crippen molar-refractivity contribution in [3.63, 3.8) is 0 Å². The van der Waals surface area contributed by atoms with Gasteiger partial charge in [-0.3, -0.25) is 9.59 Å². The molecule has 186 valence electrons. The van der Waals surface area contributed by atoms with Crippen LogP contribution in [0.1, 0.15) is 65.5 Å². The minimum atomic E-state index is -0.631. The van der Waals surface area contributed by atoms with E-state index >= 15 is 0 Å². The Labute approximate surface area is 217 Å². The molecule has 0 unspecified atom stereocenters. The molecule has 0 aromatic heterocycles. The summed E-state index contributed by atoms with van der Waals surface area (Å²) in [4.78, 5) is 28.0. The van der Waals surface area contributed by atoms with E-state index in [-0.39, 0.29) is 36.4 Å². The Balaban J connectivity index is 2.26. The maximum Gasteiger partial charge on any atom is 0.261 e. The molecule has 7 heteroatoms. The highest BCUT2D eigenvalue weighted by atomic mass is 79.9. The van der Waals surface area contributed by atoms with E-state index in [0.717, 1.165) is 22.0 Å². The van der Waals surface area contributed by atoms with Crippen molar-refractivity contribution in [2.24, 2.45) is 0 Å². The molecule has 2 aromatic rings.